The number of hydrogen-bond donors (Lipinski definition) is 2. The van der Waals surface area contributed by atoms with Crippen molar-refractivity contribution >= 4 is 5.82 Å². The second kappa shape index (κ2) is 3.59. The molecule has 3 rings (SSSR count). The topological polar surface area (TPSA) is 68.9 Å². The number of aromatic amines is 1. The van der Waals surface area contributed by atoms with E-state index in [2.05, 4.69) is 9.97 Å². The van der Waals surface area contributed by atoms with E-state index < -0.39 is 0 Å². The molecule has 0 amide bonds. The van der Waals surface area contributed by atoms with Crippen molar-refractivity contribution in [3.63, 3.8) is 0 Å². The molecule has 0 unspecified atom stereocenters. The van der Waals surface area contributed by atoms with Crippen LogP contribution < -0.4 is 10.5 Å². The van der Waals surface area contributed by atoms with Gasteiger partial charge in [0.1, 0.15) is 11.5 Å². The summed E-state index contributed by atoms with van der Waals surface area (Å²) >= 11 is 0. The molecule has 0 saturated heterocycles. The van der Waals surface area contributed by atoms with Gasteiger partial charge in [-0.3, -0.25) is 4.57 Å². The van der Waals surface area contributed by atoms with E-state index >= 15 is 0 Å². The number of fused-ring (bicyclic) bond motifs is 1. The highest BCUT2D eigenvalue weighted by molar-refractivity contribution is 5.68. The molecule has 0 fully saturated rings. The maximum absolute atomic E-state index is 6.09. The van der Waals surface area contributed by atoms with E-state index in [0.29, 0.717) is 11.8 Å². The highest BCUT2D eigenvalue weighted by Crippen LogP contribution is 2.30. The van der Waals surface area contributed by atoms with E-state index in [4.69, 9.17) is 10.5 Å². The van der Waals surface area contributed by atoms with Gasteiger partial charge in [-0.2, -0.15) is 4.98 Å². The van der Waals surface area contributed by atoms with Crippen LogP contribution in [0.15, 0.2) is 18.3 Å². The van der Waals surface area contributed by atoms with Crippen LogP contribution in [0.3, 0.4) is 0 Å². The maximum Gasteiger partial charge on any atom is 0.298 e. The Bertz CT molecular complexity index is 486. The summed E-state index contributed by atoms with van der Waals surface area (Å²) in [7, 11) is 0. The molecule has 0 atom stereocenters. The number of rotatable bonds is 1. The van der Waals surface area contributed by atoms with E-state index in [1.807, 2.05) is 22.9 Å². The third-order valence-corrected chi connectivity index (χ3v) is 2.83. The van der Waals surface area contributed by atoms with Crippen LogP contribution in [0.2, 0.25) is 0 Å². The second-order valence-corrected chi connectivity index (χ2v) is 3.92. The largest absolute Gasteiger partial charge is 0.465 e. The van der Waals surface area contributed by atoms with Gasteiger partial charge in [0.05, 0.1) is 12.3 Å². The number of imidazole rings is 1. The normalized spacial score (nSPS) is 15.2. The lowest BCUT2D eigenvalue weighted by molar-refractivity contribution is 0.295. The molecule has 3 heterocycles. The van der Waals surface area contributed by atoms with Crippen LogP contribution in [0.4, 0.5) is 5.82 Å². The molecule has 2 aromatic rings. The van der Waals surface area contributed by atoms with Crippen molar-refractivity contribution in [2.45, 2.75) is 19.4 Å². The third-order valence-electron chi connectivity index (χ3n) is 2.83. The molecule has 1 aliphatic rings. The summed E-state index contributed by atoms with van der Waals surface area (Å²) in [6.07, 6.45) is 4.00. The summed E-state index contributed by atoms with van der Waals surface area (Å²) in [5.74, 6) is 0.680. The van der Waals surface area contributed by atoms with Gasteiger partial charge in [-0.15, -0.1) is 0 Å². The first-order chi connectivity index (χ1) is 7.86. The smallest absolute Gasteiger partial charge is 0.298 e. The molecule has 0 spiro atoms. The molecule has 0 aliphatic carbocycles. The van der Waals surface area contributed by atoms with Crippen molar-refractivity contribution in [3.8, 4) is 17.4 Å². The molecular weight excluding hydrogens is 204 g/mol. The van der Waals surface area contributed by atoms with Gasteiger partial charge < -0.3 is 15.5 Å². The Kier molecular flexibility index (Phi) is 2.09. The Labute approximate surface area is 93.2 Å². The SMILES string of the molecule is Nc1c(-c2ccc[nH]2)nc2n1CCCCO2. The lowest BCUT2D eigenvalue weighted by Crippen LogP contribution is -2.03. The minimum atomic E-state index is 0.639. The molecule has 0 saturated carbocycles. The number of hydrogen-bond acceptors (Lipinski definition) is 3. The second-order valence-electron chi connectivity index (χ2n) is 3.92. The number of anilines is 1. The summed E-state index contributed by atoms with van der Waals surface area (Å²) in [5.41, 5.74) is 7.80. The number of nitrogens with one attached hydrogen (secondary N) is 1. The van der Waals surface area contributed by atoms with Gasteiger partial charge in [-0.1, -0.05) is 0 Å². The first kappa shape index (κ1) is 9.33. The number of aromatic nitrogens is 3. The van der Waals surface area contributed by atoms with E-state index in [0.717, 1.165) is 37.4 Å². The lowest BCUT2D eigenvalue weighted by atomic mass is 10.3. The molecule has 0 radical (unpaired) electrons. The molecule has 0 bridgehead atoms. The fraction of sp³-hybridized carbons (Fsp3) is 0.364. The van der Waals surface area contributed by atoms with Gasteiger partial charge in [0, 0.05) is 12.7 Å². The van der Waals surface area contributed by atoms with Crippen molar-refractivity contribution in [2.75, 3.05) is 12.3 Å². The van der Waals surface area contributed by atoms with E-state index in [1.54, 1.807) is 0 Å². The van der Waals surface area contributed by atoms with Crippen LogP contribution in [0.25, 0.3) is 11.4 Å². The van der Waals surface area contributed by atoms with Crippen molar-refractivity contribution in [1.29, 1.82) is 0 Å². The molecule has 84 valence electrons. The zero-order valence-corrected chi connectivity index (χ0v) is 8.94. The van der Waals surface area contributed by atoms with Gasteiger partial charge in [0.2, 0.25) is 0 Å². The van der Waals surface area contributed by atoms with E-state index in [9.17, 15) is 0 Å². The Balaban J connectivity index is 2.08. The molecular formula is C11H14N4O. The van der Waals surface area contributed by atoms with Crippen LogP contribution >= 0.6 is 0 Å². The van der Waals surface area contributed by atoms with Crippen LogP contribution in [0.5, 0.6) is 6.01 Å². The maximum atomic E-state index is 6.09. The average Bonchev–Trinajstić information content (AvgIpc) is 2.83. The van der Waals surface area contributed by atoms with Crippen molar-refractivity contribution in [3.05, 3.63) is 18.3 Å². The summed E-state index contributed by atoms with van der Waals surface area (Å²) in [4.78, 5) is 7.54. The number of nitrogens with two attached hydrogens (primary N) is 1. The standard InChI is InChI=1S/C11H14N4O/c12-10-9(8-4-3-5-13-8)14-11-15(10)6-1-2-7-16-11/h3-5,13H,1-2,6-7,12H2. The van der Waals surface area contributed by atoms with Crippen LogP contribution in [-0.4, -0.2) is 21.1 Å². The zero-order valence-electron chi connectivity index (χ0n) is 8.94. The van der Waals surface area contributed by atoms with Crippen LogP contribution in [0, 0.1) is 0 Å². The van der Waals surface area contributed by atoms with Crippen molar-refractivity contribution in [1.82, 2.24) is 14.5 Å². The Morgan fingerprint density at radius 3 is 3.19 bits per heavy atom. The summed E-state index contributed by atoms with van der Waals surface area (Å²) in [6, 6.07) is 4.53. The first-order valence-corrected chi connectivity index (χ1v) is 5.49. The fourth-order valence-electron chi connectivity index (χ4n) is 1.98. The third kappa shape index (κ3) is 1.36. The summed E-state index contributed by atoms with van der Waals surface area (Å²) < 4.78 is 7.51. The Morgan fingerprint density at radius 1 is 1.44 bits per heavy atom. The molecule has 0 aromatic carbocycles. The molecule has 5 nitrogen and oxygen atoms in total. The molecule has 2 aromatic heterocycles. The predicted octanol–water partition coefficient (Wildman–Crippen LogP) is 1.63. The quantitative estimate of drug-likeness (QED) is 0.764. The minimum absolute atomic E-state index is 0.639. The summed E-state index contributed by atoms with van der Waals surface area (Å²) in [6.45, 7) is 1.61. The predicted molar refractivity (Wildman–Crippen MR) is 61.2 cm³/mol. The highest BCUT2D eigenvalue weighted by Gasteiger charge is 2.19. The Morgan fingerprint density at radius 2 is 2.38 bits per heavy atom. The lowest BCUT2D eigenvalue weighted by Gasteiger charge is -2.03. The van der Waals surface area contributed by atoms with Gasteiger partial charge in [-0.25, -0.2) is 0 Å². The fourth-order valence-corrected chi connectivity index (χ4v) is 1.98. The Hall–Kier alpha value is -1.91. The number of ether oxygens (including phenoxy) is 1. The number of nitrogens with zero attached hydrogens (tertiary/aromatic N) is 2. The minimum Gasteiger partial charge on any atom is -0.465 e. The molecule has 3 N–H and O–H groups in total. The van der Waals surface area contributed by atoms with E-state index in [-0.39, 0.29) is 0 Å². The molecule has 1 aliphatic heterocycles. The number of H-pyrrole nitrogens is 1. The molecule has 16 heavy (non-hydrogen) atoms. The van der Waals surface area contributed by atoms with Gasteiger partial charge in [-0.05, 0) is 25.0 Å². The van der Waals surface area contributed by atoms with Gasteiger partial charge in [0.15, 0.2) is 0 Å². The summed E-state index contributed by atoms with van der Waals surface area (Å²) in [5, 5.41) is 0. The van der Waals surface area contributed by atoms with Crippen molar-refractivity contribution < 1.29 is 4.74 Å². The first-order valence-electron chi connectivity index (χ1n) is 5.49. The zero-order chi connectivity index (χ0) is 11.0. The number of nitrogen functional groups attached to an aromatic ring is 1. The van der Waals surface area contributed by atoms with Crippen molar-refractivity contribution in [2.24, 2.45) is 0 Å². The van der Waals surface area contributed by atoms with Crippen LogP contribution in [-0.2, 0) is 6.54 Å². The highest BCUT2D eigenvalue weighted by atomic mass is 16.5. The van der Waals surface area contributed by atoms with Crippen LogP contribution in [0.1, 0.15) is 12.8 Å². The average molecular weight is 218 g/mol. The van der Waals surface area contributed by atoms with Gasteiger partial charge in [0.25, 0.3) is 6.01 Å². The van der Waals surface area contributed by atoms with E-state index in [1.165, 1.54) is 0 Å². The monoisotopic (exact) mass is 218 g/mol. The molecule has 5 heteroatoms. The van der Waals surface area contributed by atoms with Gasteiger partial charge >= 0.3 is 0 Å².